The summed E-state index contributed by atoms with van der Waals surface area (Å²) in [5.74, 6) is 1.24. The second kappa shape index (κ2) is 5.13. The van der Waals surface area contributed by atoms with Crippen LogP contribution in [0.15, 0.2) is 28.2 Å². The van der Waals surface area contributed by atoms with E-state index in [1.165, 1.54) is 10.6 Å². The molecule has 2 aliphatic heterocycles. The molecule has 0 unspecified atom stereocenters. The molecular weight excluding hydrogens is 294 g/mol. The Hall–Kier alpha value is -2.28. The van der Waals surface area contributed by atoms with Gasteiger partial charge in [-0.3, -0.25) is 4.84 Å². The molecule has 0 fully saturated rings. The maximum absolute atomic E-state index is 6.05. The SMILES string of the molecule is CC1(C)Cc2cccc(CON3C(N)=NC(N)=NC3(C)C)c2O1. The van der Waals surface area contributed by atoms with Crippen molar-refractivity contribution < 1.29 is 9.57 Å². The molecule has 0 saturated heterocycles. The summed E-state index contributed by atoms with van der Waals surface area (Å²) in [6.45, 7) is 8.18. The topological polar surface area (TPSA) is 98.5 Å². The zero-order valence-electron chi connectivity index (χ0n) is 14.0. The van der Waals surface area contributed by atoms with E-state index >= 15 is 0 Å². The second-order valence-corrected chi connectivity index (χ2v) is 6.95. The average molecular weight is 317 g/mol. The van der Waals surface area contributed by atoms with Gasteiger partial charge in [0.2, 0.25) is 11.9 Å². The summed E-state index contributed by atoms with van der Waals surface area (Å²) in [4.78, 5) is 14.1. The summed E-state index contributed by atoms with van der Waals surface area (Å²) in [7, 11) is 0. The quantitative estimate of drug-likeness (QED) is 0.880. The van der Waals surface area contributed by atoms with Crippen LogP contribution in [-0.2, 0) is 17.9 Å². The van der Waals surface area contributed by atoms with Crippen molar-refractivity contribution in [2.45, 2.75) is 52.0 Å². The normalized spacial score (nSPS) is 21.3. The lowest BCUT2D eigenvalue weighted by molar-refractivity contribution is -0.167. The Kier molecular flexibility index (Phi) is 3.48. The van der Waals surface area contributed by atoms with Crippen molar-refractivity contribution in [3.63, 3.8) is 0 Å². The molecule has 4 N–H and O–H groups in total. The third-order valence-electron chi connectivity index (χ3n) is 3.84. The zero-order valence-corrected chi connectivity index (χ0v) is 14.0. The van der Waals surface area contributed by atoms with Gasteiger partial charge in [-0.05, 0) is 33.3 Å². The average Bonchev–Trinajstić information content (AvgIpc) is 2.71. The standard InChI is InChI=1S/C16H23N5O2/c1-15(2)8-10-6-5-7-11(12(10)23-15)9-22-21-14(18)19-13(17)20-16(21,3)4/h5-7H,8-9H2,1-4H3,(H4,17,18,19,20). The van der Waals surface area contributed by atoms with Gasteiger partial charge >= 0.3 is 0 Å². The predicted molar refractivity (Wildman–Crippen MR) is 88.8 cm³/mol. The first kappa shape index (κ1) is 15.6. The summed E-state index contributed by atoms with van der Waals surface area (Å²) in [5.41, 5.74) is 12.8. The summed E-state index contributed by atoms with van der Waals surface area (Å²) >= 11 is 0. The molecule has 0 spiro atoms. The summed E-state index contributed by atoms with van der Waals surface area (Å²) in [6, 6.07) is 6.08. The molecule has 0 saturated carbocycles. The fourth-order valence-electron chi connectivity index (χ4n) is 2.95. The van der Waals surface area contributed by atoms with Crippen LogP contribution in [-0.4, -0.2) is 28.2 Å². The number of hydroxylamine groups is 2. The highest BCUT2D eigenvalue weighted by Crippen LogP contribution is 2.38. The van der Waals surface area contributed by atoms with Crippen molar-refractivity contribution in [3.05, 3.63) is 29.3 Å². The van der Waals surface area contributed by atoms with E-state index in [0.717, 1.165) is 17.7 Å². The van der Waals surface area contributed by atoms with E-state index in [0.29, 0.717) is 6.61 Å². The molecule has 7 nitrogen and oxygen atoms in total. The highest BCUT2D eigenvalue weighted by molar-refractivity contribution is 5.95. The van der Waals surface area contributed by atoms with Crippen molar-refractivity contribution in [1.29, 1.82) is 0 Å². The highest BCUT2D eigenvalue weighted by Gasteiger charge is 2.35. The van der Waals surface area contributed by atoms with Crippen LogP contribution in [0.25, 0.3) is 0 Å². The molecule has 2 aliphatic rings. The molecule has 1 aromatic rings. The lowest BCUT2D eigenvalue weighted by atomic mass is 10.0. The predicted octanol–water partition coefficient (Wildman–Crippen LogP) is 1.51. The fraction of sp³-hybridized carbons (Fsp3) is 0.500. The van der Waals surface area contributed by atoms with Crippen molar-refractivity contribution >= 4 is 11.9 Å². The monoisotopic (exact) mass is 317 g/mol. The number of fused-ring (bicyclic) bond motifs is 1. The van der Waals surface area contributed by atoms with Gasteiger partial charge in [0, 0.05) is 12.0 Å². The molecular formula is C16H23N5O2. The molecule has 0 aromatic heterocycles. The van der Waals surface area contributed by atoms with E-state index in [1.807, 2.05) is 26.0 Å². The minimum absolute atomic E-state index is 0.151. The summed E-state index contributed by atoms with van der Waals surface area (Å²) in [6.07, 6.45) is 0.885. The van der Waals surface area contributed by atoms with E-state index in [-0.39, 0.29) is 17.5 Å². The Morgan fingerprint density at radius 3 is 2.70 bits per heavy atom. The fourth-order valence-corrected chi connectivity index (χ4v) is 2.95. The number of nitrogens with two attached hydrogens (primary N) is 2. The molecule has 0 radical (unpaired) electrons. The van der Waals surface area contributed by atoms with Gasteiger partial charge in [-0.1, -0.05) is 18.2 Å². The van der Waals surface area contributed by atoms with Crippen LogP contribution in [0, 0.1) is 0 Å². The number of ether oxygens (including phenoxy) is 1. The molecule has 23 heavy (non-hydrogen) atoms. The molecule has 0 bridgehead atoms. The van der Waals surface area contributed by atoms with Crippen LogP contribution in [0.3, 0.4) is 0 Å². The highest BCUT2D eigenvalue weighted by atomic mass is 16.7. The largest absolute Gasteiger partial charge is 0.487 e. The first-order chi connectivity index (χ1) is 10.7. The van der Waals surface area contributed by atoms with Gasteiger partial charge < -0.3 is 16.2 Å². The van der Waals surface area contributed by atoms with Gasteiger partial charge in [0.1, 0.15) is 18.0 Å². The molecule has 0 atom stereocenters. The first-order valence-corrected chi connectivity index (χ1v) is 7.60. The molecule has 7 heteroatoms. The Morgan fingerprint density at radius 1 is 1.26 bits per heavy atom. The molecule has 2 heterocycles. The number of nitrogens with zero attached hydrogens (tertiary/aromatic N) is 3. The van der Waals surface area contributed by atoms with Gasteiger partial charge in [-0.25, -0.2) is 4.99 Å². The third-order valence-corrected chi connectivity index (χ3v) is 3.84. The van der Waals surface area contributed by atoms with E-state index in [1.54, 1.807) is 0 Å². The molecule has 124 valence electrons. The molecule has 1 aromatic carbocycles. The van der Waals surface area contributed by atoms with Crippen molar-refractivity contribution in [3.8, 4) is 5.75 Å². The number of benzene rings is 1. The van der Waals surface area contributed by atoms with Gasteiger partial charge in [-0.2, -0.15) is 10.1 Å². The summed E-state index contributed by atoms with van der Waals surface area (Å²) in [5, 5.41) is 1.48. The molecule has 0 amide bonds. The lowest BCUT2D eigenvalue weighted by Gasteiger charge is -2.36. The summed E-state index contributed by atoms with van der Waals surface area (Å²) < 4.78 is 6.05. The smallest absolute Gasteiger partial charge is 0.226 e. The number of hydrogen-bond donors (Lipinski definition) is 2. The minimum atomic E-state index is -0.714. The zero-order chi connectivity index (χ0) is 16.8. The number of hydrogen-bond acceptors (Lipinski definition) is 7. The van der Waals surface area contributed by atoms with Gasteiger partial charge in [0.25, 0.3) is 0 Å². The molecule has 0 aliphatic carbocycles. The van der Waals surface area contributed by atoms with Crippen LogP contribution in [0.2, 0.25) is 0 Å². The molecule has 3 rings (SSSR count). The van der Waals surface area contributed by atoms with Crippen LogP contribution in [0.1, 0.15) is 38.8 Å². The Morgan fingerprint density at radius 2 is 2.00 bits per heavy atom. The van der Waals surface area contributed by atoms with Gasteiger partial charge in [-0.15, -0.1) is 0 Å². The van der Waals surface area contributed by atoms with Crippen LogP contribution >= 0.6 is 0 Å². The van der Waals surface area contributed by atoms with Crippen molar-refractivity contribution in [2.24, 2.45) is 21.5 Å². The van der Waals surface area contributed by atoms with Gasteiger partial charge in [0.05, 0.1) is 0 Å². The van der Waals surface area contributed by atoms with Crippen molar-refractivity contribution in [2.75, 3.05) is 0 Å². The minimum Gasteiger partial charge on any atom is -0.487 e. The van der Waals surface area contributed by atoms with E-state index in [2.05, 4.69) is 29.9 Å². The lowest BCUT2D eigenvalue weighted by Crippen LogP contribution is -2.53. The van der Waals surface area contributed by atoms with Crippen LogP contribution < -0.4 is 16.2 Å². The number of rotatable bonds is 3. The van der Waals surface area contributed by atoms with Crippen molar-refractivity contribution in [1.82, 2.24) is 5.06 Å². The number of guanidine groups is 2. The van der Waals surface area contributed by atoms with Gasteiger partial charge in [0.15, 0.2) is 5.66 Å². The van der Waals surface area contributed by atoms with E-state index < -0.39 is 5.66 Å². The third kappa shape index (κ3) is 2.96. The Bertz CT molecular complexity index is 694. The number of para-hydroxylation sites is 1. The number of aliphatic imine (C=N–C) groups is 2. The second-order valence-electron chi connectivity index (χ2n) is 6.95. The van der Waals surface area contributed by atoms with Crippen LogP contribution in [0.4, 0.5) is 0 Å². The van der Waals surface area contributed by atoms with Crippen LogP contribution in [0.5, 0.6) is 5.75 Å². The Labute approximate surface area is 135 Å². The maximum Gasteiger partial charge on any atom is 0.226 e. The maximum atomic E-state index is 6.05. The Balaban J connectivity index is 1.78. The first-order valence-electron chi connectivity index (χ1n) is 7.60. The van der Waals surface area contributed by atoms with E-state index in [4.69, 9.17) is 21.0 Å². The van der Waals surface area contributed by atoms with E-state index in [9.17, 15) is 0 Å².